The number of H-pyrrole nitrogens is 1. The Balaban J connectivity index is 2.66. The van der Waals surface area contributed by atoms with E-state index in [1.165, 1.54) is 0 Å². The van der Waals surface area contributed by atoms with Gasteiger partial charge in [0, 0.05) is 15.8 Å². The Morgan fingerprint density at radius 3 is 2.88 bits per heavy atom. The van der Waals surface area contributed by atoms with Crippen molar-refractivity contribution >= 4 is 56.7 Å². The highest BCUT2D eigenvalue weighted by Gasteiger charge is 2.16. The molecule has 1 aromatic heterocycles. The number of aromatic amines is 1. The highest BCUT2D eigenvalue weighted by Crippen LogP contribution is 2.39. The first-order valence-electron chi connectivity index (χ1n) is 4.75. The molecule has 1 atom stereocenters. The molecule has 1 unspecified atom stereocenters. The number of ether oxygens (including phenoxy) is 1. The Morgan fingerprint density at radius 2 is 2.24 bits per heavy atom. The van der Waals surface area contributed by atoms with Crippen molar-refractivity contribution in [1.82, 2.24) is 4.98 Å². The normalized spacial score (nSPS) is 12.4. The zero-order chi connectivity index (χ0) is 12.6. The largest absolute Gasteiger partial charge is 0.475 e. The molecule has 0 bridgehead atoms. The van der Waals surface area contributed by atoms with Crippen molar-refractivity contribution in [3.63, 3.8) is 0 Å². The number of hydrogen-bond donors (Lipinski definition) is 1. The summed E-state index contributed by atoms with van der Waals surface area (Å²) in [5.41, 5.74) is 0.726. The van der Waals surface area contributed by atoms with Gasteiger partial charge >= 0.3 is 0 Å². The quantitative estimate of drug-likeness (QED) is 0.786. The average molecular weight is 381 g/mol. The highest BCUT2D eigenvalue weighted by molar-refractivity contribution is 14.1. The zero-order valence-corrected chi connectivity index (χ0v) is 12.4. The molecule has 0 saturated heterocycles. The minimum Gasteiger partial charge on any atom is -0.475 e. The minimum absolute atomic E-state index is 0.401. The van der Waals surface area contributed by atoms with E-state index < -0.39 is 6.10 Å². The lowest BCUT2D eigenvalue weighted by Crippen LogP contribution is -2.08. The lowest BCUT2D eigenvalue weighted by molar-refractivity contribution is 0.280. The Kier molecular flexibility index (Phi) is 3.71. The second kappa shape index (κ2) is 4.92. The summed E-state index contributed by atoms with van der Waals surface area (Å²) in [7, 11) is 0. The lowest BCUT2D eigenvalue weighted by Gasteiger charge is -2.11. The molecule has 0 saturated carbocycles. The van der Waals surface area contributed by atoms with E-state index in [1.54, 1.807) is 13.0 Å². The average Bonchev–Trinajstić information content (AvgIpc) is 2.68. The molecule has 1 N–H and O–H groups in total. The van der Waals surface area contributed by atoms with Crippen molar-refractivity contribution in [3.8, 4) is 11.8 Å². The van der Waals surface area contributed by atoms with Crippen molar-refractivity contribution in [2.75, 3.05) is 0 Å². The maximum absolute atomic E-state index is 8.77. The molecule has 0 radical (unpaired) electrons. The number of hydrogen-bond acceptors (Lipinski definition) is 2. The second-order valence-electron chi connectivity index (χ2n) is 3.45. The summed E-state index contributed by atoms with van der Waals surface area (Å²) in [6, 6.07) is 3.65. The van der Waals surface area contributed by atoms with Crippen LogP contribution in [0, 0.1) is 14.9 Å². The lowest BCUT2D eigenvalue weighted by atomic mass is 10.2. The maximum Gasteiger partial charge on any atom is 0.181 e. The van der Waals surface area contributed by atoms with Gasteiger partial charge in [0.1, 0.15) is 11.8 Å². The molecule has 2 aromatic rings. The molecule has 0 fully saturated rings. The van der Waals surface area contributed by atoms with Gasteiger partial charge in [-0.2, -0.15) is 5.26 Å². The first-order chi connectivity index (χ1) is 8.04. The molecule has 17 heavy (non-hydrogen) atoms. The van der Waals surface area contributed by atoms with Gasteiger partial charge in [-0.15, -0.1) is 0 Å². The van der Waals surface area contributed by atoms with E-state index in [1.807, 2.05) is 12.3 Å². The summed E-state index contributed by atoms with van der Waals surface area (Å²) in [5.74, 6) is 0.564. The van der Waals surface area contributed by atoms with Crippen LogP contribution in [0.5, 0.6) is 5.75 Å². The van der Waals surface area contributed by atoms with Crippen LogP contribution < -0.4 is 4.74 Å². The zero-order valence-electron chi connectivity index (χ0n) is 8.72. The third-order valence-electron chi connectivity index (χ3n) is 2.25. The topological polar surface area (TPSA) is 48.8 Å². The van der Waals surface area contributed by atoms with E-state index in [0.29, 0.717) is 15.8 Å². The van der Waals surface area contributed by atoms with Gasteiger partial charge < -0.3 is 9.72 Å². The molecule has 88 valence electrons. The molecule has 3 nitrogen and oxygen atoms in total. The molecule has 1 heterocycles. The standard InChI is InChI=1S/C11H7Cl2IN2O/c1-5(3-15)17-8-2-6(12)10(13)11-9(8)7(14)4-16-11/h2,4-5,16H,1H3. The summed E-state index contributed by atoms with van der Waals surface area (Å²) in [6.07, 6.45) is 1.28. The summed E-state index contributed by atoms with van der Waals surface area (Å²) < 4.78 is 6.49. The van der Waals surface area contributed by atoms with E-state index in [9.17, 15) is 0 Å². The summed E-state index contributed by atoms with van der Waals surface area (Å²) in [5, 5.41) is 10.5. The van der Waals surface area contributed by atoms with Gasteiger partial charge in [0.2, 0.25) is 0 Å². The maximum atomic E-state index is 8.77. The van der Waals surface area contributed by atoms with Crippen molar-refractivity contribution in [2.24, 2.45) is 0 Å². The summed E-state index contributed by atoms with van der Waals surface area (Å²) in [6.45, 7) is 1.67. The smallest absolute Gasteiger partial charge is 0.181 e. The Bertz CT molecular complexity index is 618. The number of rotatable bonds is 2. The van der Waals surface area contributed by atoms with Crippen LogP contribution in [0.2, 0.25) is 10.0 Å². The van der Waals surface area contributed by atoms with Gasteiger partial charge in [0.05, 0.1) is 20.9 Å². The molecule has 2 rings (SSSR count). The van der Waals surface area contributed by atoms with E-state index >= 15 is 0 Å². The second-order valence-corrected chi connectivity index (χ2v) is 5.39. The number of benzene rings is 1. The van der Waals surface area contributed by atoms with Crippen molar-refractivity contribution in [3.05, 3.63) is 25.9 Å². The van der Waals surface area contributed by atoms with Crippen LogP contribution in [0.25, 0.3) is 10.9 Å². The fourth-order valence-corrected chi connectivity index (χ4v) is 2.58. The fraction of sp³-hybridized carbons (Fsp3) is 0.182. The Labute approximate surface area is 122 Å². The van der Waals surface area contributed by atoms with Gasteiger partial charge in [-0.05, 0) is 29.5 Å². The highest BCUT2D eigenvalue weighted by atomic mass is 127. The van der Waals surface area contributed by atoms with Gasteiger partial charge in [-0.1, -0.05) is 23.2 Å². The first-order valence-corrected chi connectivity index (χ1v) is 6.59. The SMILES string of the molecule is CC(C#N)Oc1cc(Cl)c(Cl)c2[nH]cc(I)c12. The van der Waals surface area contributed by atoms with Crippen LogP contribution in [0.15, 0.2) is 12.3 Å². The van der Waals surface area contributed by atoms with Crippen LogP contribution >= 0.6 is 45.8 Å². The van der Waals surface area contributed by atoms with Gasteiger partial charge in [0.15, 0.2) is 6.10 Å². The van der Waals surface area contributed by atoms with Crippen LogP contribution in [-0.2, 0) is 0 Å². The Hall–Kier alpha value is -0.640. The van der Waals surface area contributed by atoms with Crippen LogP contribution in [0.4, 0.5) is 0 Å². The third-order valence-corrected chi connectivity index (χ3v) is 3.89. The molecule has 0 amide bonds. The predicted octanol–water partition coefficient (Wildman–Crippen LogP) is 4.37. The summed E-state index contributed by atoms with van der Waals surface area (Å²) in [4.78, 5) is 3.04. The van der Waals surface area contributed by atoms with E-state index in [4.69, 9.17) is 33.2 Å². The fourth-order valence-electron chi connectivity index (χ4n) is 1.49. The number of nitrogens with one attached hydrogen (secondary N) is 1. The van der Waals surface area contributed by atoms with Crippen molar-refractivity contribution in [1.29, 1.82) is 5.26 Å². The molecule has 0 aliphatic rings. The molecule has 0 aliphatic carbocycles. The molecular formula is C11H7Cl2IN2O. The minimum atomic E-state index is -0.541. The van der Waals surface area contributed by atoms with Crippen LogP contribution in [0.3, 0.4) is 0 Å². The van der Waals surface area contributed by atoms with E-state index in [0.717, 1.165) is 14.5 Å². The predicted molar refractivity (Wildman–Crippen MR) is 76.7 cm³/mol. The molecule has 0 spiro atoms. The van der Waals surface area contributed by atoms with Crippen molar-refractivity contribution < 1.29 is 4.74 Å². The van der Waals surface area contributed by atoms with Gasteiger partial charge in [-0.25, -0.2) is 0 Å². The van der Waals surface area contributed by atoms with Crippen LogP contribution in [0.1, 0.15) is 6.92 Å². The number of halogens is 3. The molecule has 0 aliphatic heterocycles. The first kappa shape index (κ1) is 12.8. The number of fused-ring (bicyclic) bond motifs is 1. The van der Waals surface area contributed by atoms with Gasteiger partial charge in [-0.3, -0.25) is 0 Å². The number of nitrogens with zero attached hydrogens (tertiary/aromatic N) is 1. The van der Waals surface area contributed by atoms with Crippen LogP contribution in [-0.4, -0.2) is 11.1 Å². The number of nitriles is 1. The van der Waals surface area contributed by atoms with Gasteiger partial charge in [0.25, 0.3) is 0 Å². The van der Waals surface area contributed by atoms with E-state index in [2.05, 4.69) is 27.6 Å². The Morgan fingerprint density at radius 1 is 1.53 bits per heavy atom. The summed E-state index contributed by atoms with van der Waals surface area (Å²) >= 11 is 14.3. The molecule has 1 aromatic carbocycles. The molecule has 6 heteroatoms. The van der Waals surface area contributed by atoms with Crippen molar-refractivity contribution in [2.45, 2.75) is 13.0 Å². The molecular weight excluding hydrogens is 374 g/mol. The van der Waals surface area contributed by atoms with E-state index in [-0.39, 0.29) is 0 Å². The third kappa shape index (κ3) is 2.32. The monoisotopic (exact) mass is 380 g/mol. The number of aromatic nitrogens is 1.